The average Bonchev–Trinajstić information content (AvgIpc) is 2.50. The smallest absolute Gasteiger partial charge is 0.252 e. The van der Waals surface area contributed by atoms with Crippen LogP contribution >= 0.6 is 0 Å². The van der Waals surface area contributed by atoms with Gasteiger partial charge < -0.3 is 16.2 Å². The number of carbonyl (C=O) groups is 1. The van der Waals surface area contributed by atoms with Crippen molar-refractivity contribution in [2.45, 2.75) is 31.4 Å². The van der Waals surface area contributed by atoms with Crippen molar-refractivity contribution in [2.75, 3.05) is 5.73 Å². The molecule has 132 valence electrons. The molecule has 1 fully saturated rings. The largest absolute Gasteiger partial charge is 0.393 e. The van der Waals surface area contributed by atoms with Crippen molar-refractivity contribution < 1.29 is 14.3 Å². The summed E-state index contributed by atoms with van der Waals surface area (Å²) in [5, 5.41) is 12.5. The van der Waals surface area contributed by atoms with Crippen LogP contribution in [0.2, 0.25) is 0 Å². The fourth-order valence-electron chi connectivity index (χ4n) is 3.05. The van der Waals surface area contributed by atoms with Crippen molar-refractivity contribution in [3.05, 3.63) is 57.8 Å². The molecule has 25 heavy (non-hydrogen) atoms. The van der Waals surface area contributed by atoms with Crippen molar-refractivity contribution in [3.8, 4) is 0 Å². The highest BCUT2D eigenvalue weighted by atomic mass is 19.1. The third kappa shape index (κ3) is 4.21. The zero-order valence-electron chi connectivity index (χ0n) is 13.4. The van der Waals surface area contributed by atoms with Crippen LogP contribution in [0.5, 0.6) is 0 Å². The SMILES string of the molecule is Nc1nc(CC(=O)N[C@@H](c2ccc(F)cc2)C2CC(O)C2)cc(=O)[nH]1. The Labute approximate surface area is 143 Å². The molecule has 3 rings (SSSR count). The molecule has 1 saturated carbocycles. The number of rotatable bonds is 5. The number of nitrogens with one attached hydrogen (secondary N) is 2. The Morgan fingerprint density at radius 2 is 2.08 bits per heavy atom. The molecule has 0 bridgehead atoms. The number of aliphatic hydroxyl groups is 1. The third-order valence-corrected chi connectivity index (χ3v) is 4.32. The van der Waals surface area contributed by atoms with E-state index in [2.05, 4.69) is 15.3 Å². The predicted octanol–water partition coefficient (Wildman–Crippen LogP) is 0.662. The quantitative estimate of drug-likeness (QED) is 0.634. The molecule has 1 atom stereocenters. The number of aromatic nitrogens is 2. The molecule has 1 heterocycles. The van der Waals surface area contributed by atoms with Gasteiger partial charge in [0, 0.05) is 6.07 Å². The number of nitrogen functional groups attached to an aromatic ring is 1. The van der Waals surface area contributed by atoms with Crippen LogP contribution in [0, 0.1) is 11.7 Å². The van der Waals surface area contributed by atoms with E-state index in [1.165, 1.54) is 18.2 Å². The lowest BCUT2D eigenvalue weighted by Gasteiger charge is -2.38. The summed E-state index contributed by atoms with van der Waals surface area (Å²) < 4.78 is 13.2. The average molecular weight is 346 g/mol. The summed E-state index contributed by atoms with van der Waals surface area (Å²) in [6.07, 6.45) is 0.664. The summed E-state index contributed by atoms with van der Waals surface area (Å²) >= 11 is 0. The van der Waals surface area contributed by atoms with E-state index >= 15 is 0 Å². The summed E-state index contributed by atoms with van der Waals surface area (Å²) in [5.41, 5.74) is 6.09. The number of aliphatic hydroxyl groups excluding tert-OH is 1. The molecule has 1 aromatic carbocycles. The van der Waals surface area contributed by atoms with Gasteiger partial charge in [-0.05, 0) is 36.5 Å². The molecule has 1 aliphatic rings. The van der Waals surface area contributed by atoms with Gasteiger partial charge in [0.2, 0.25) is 11.9 Å². The number of amides is 1. The first-order valence-corrected chi connectivity index (χ1v) is 7.99. The minimum atomic E-state index is -0.424. The van der Waals surface area contributed by atoms with E-state index in [1.807, 2.05) is 0 Å². The molecule has 0 unspecified atom stereocenters. The number of nitrogens with two attached hydrogens (primary N) is 1. The Hall–Kier alpha value is -2.74. The van der Waals surface area contributed by atoms with Crippen molar-refractivity contribution in [3.63, 3.8) is 0 Å². The number of hydrogen-bond donors (Lipinski definition) is 4. The highest BCUT2D eigenvalue weighted by Gasteiger charge is 2.35. The first-order chi connectivity index (χ1) is 11.9. The highest BCUT2D eigenvalue weighted by molar-refractivity contribution is 5.78. The summed E-state index contributed by atoms with van der Waals surface area (Å²) in [6.45, 7) is 0. The molecule has 7 nitrogen and oxygen atoms in total. The van der Waals surface area contributed by atoms with Gasteiger partial charge >= 0.3 is 0 Å². The lowest BCUT2D eigenvalue weighted by atomic mass is 9.75. The number of aromatic amines is 1. The molecule has 1 amide bonds. The van der Waals surface area contributed by atoms with E-state index in [9.17, 15) is 19.1 Å². The topological polar surface area (TPSA) is 121 Å². The molecule has 8 heteroatoms. The summed E-state index contributed by atoms with van der Waals surface area (Å²) in [6, 6.07) is 6.79. The molecule has 1 aliphatic carbocycles. The first kappa shape index (κ1) is 17.1. The molecule has 0 aliphatic heterocycles. The Kier molecular flexibility index (Phi) is 4.80. The monoisotopic (exact) mass is 346 g/mol. The van der Waals surface area contributed by atoms with E-state index in [0.717, 1.165) is 5.56 Å². The standard InChI is InChI=1S/C17H19FN4O3/c18-11-3-1-9(2-4-11)16(10-5-13(23)6-10)21-14(24)7-12-8-15(25)22-17(19)20-12/h1-4,8,10,13,16,23H,5-7H2,(H,21,24)(H3,19,20,22,25)/t10?,13?,16-/m0/s1. The fourth-order valence-corrected chi connectivity index (χ4v) is 3.05. The van der Waals surface area contributed by atoms with Crippen LogP contribution in [-0.2, 0) is 11.2 Å². The number of halogens is 1. The first-order valence-electron chi connectivity index (χ1n) is 7.99. The summed E-state index contributed by atoms with van der Waals surface area (Å²) in [5.74, 6) is -0.659. The van der Waals surface area contributed by atoms with Crippen molar-refractivity contribution in [2.24, 2.45) is 5.92 Å². The van der Waals surface area contributed by atoms with Gasteiger partial charge in [-0.1, -0.05) is 12.1 Å². The van der Waals surface area contributed by atoms with Gasteiger partial charge in [-0.15, -0.1) is 0 Å². The van der Waals surface area contributed by atoms with Crippen LogP contribution in [0.15, 0.2) is 35.1 Å². The normalized spacial score (nSPS) is 20.6. The number of anilines is 1. The van der Waals surface area contributed by atoms with Gasteiger partial charge in [0.15, 0.2) is 0 Å². The number of carbonyl (C=O) groups excluding carboxylic acids is 1. The summed E-state index contributed by atoms with van der Waals surface area (Å²) in [4.78, 5) is 30.0. The van der Waals surface area contributed by atoms with Crippen molar-refractivity contribution >= 4 is 11.9 Å². The van der Waals surface area contributed by atoms with E-state index in [1.54, 1.807) is 12.1 Å². The number of H-pyrrole nitrogens is 1. The highest BCUT2D eigenvalue weighted by Crippen LogP contribution is 2.38. The van der Waals surface area contributed by atoms with Gasteiger partial charge in [0.1, 0.15) is 5.82 Å². The molecule has 1 aromatic heterocycles. The zero-order valence-corrected chi connectivity index (χ0v) is 13.4. The van der Waals surface area contributed by atoms with Crippen LogP contribution in [0.1, 0.15) is 30.1 Å². The van der Waals surface area contributed by atoms with E-state index in [4.69, 9.17) is 5.73 Å². The van der Waals surface area contributed by atoms with Gasteiger partial charge in [-0.25, -0.2) is 9.37 Å². The minimum absolute atomic E-state index is 0.0486. The lowest BCUT2D eigenvalue weighted by Crippen LogP contribution is -2.42. The second-order valence-electron chi connectivity index (χ2n) is 6.28. The maximum absolute atomic E-state index is 13.2. The molecule has 2 aromatic rings. The fraction of sp³-hybridized carbons (Fsp3) is 0.353. The van der Waals surface area contributed by atoms with Gasteiger partial charge in [-0.2, -0.15) is 0 Å². The van der Waals surface area contributed by atoms with Gasteiger partial charge in [0.05, 0.1) is 24.3 Å². The Balaban J connectivity index is 1.74. The Bertz CT molecular complexity index is 815. The zero-order chi connectivity index (χ0) is 18.0. The van der Waals surface area contributed by atoms with Crippen LogP contribution in [0.3, 0.4) is 0 Å². The van der Waals surface area contributed by atoms with Crippen LogP contribution in [0.4, 0.5) is 10.3 Å². The van der Waals surface area contributed by atoms with Crippen molar-refractivity contribution in [1.29, 1.82) is 0 Å². The van der Waals surface area contributed by atoms with Crippen LogP contribution in [-0.4, -0.2) is 27.1 Å². The lowest BCUT2D eigenvalue weighted by molar-refractivity contribution is -0.122. The number of nitrogens with zero attached hydrogens (tertiary/aromatic N) is 1. The van der Waals surface area contributed by atoms with E-state index < -0.39 is 5.56 Å². The molecular formula is C17H19FN4O3. The maximum atomic E-state index is 13.2. The maximum Gasteiger partial charge on any atom is 0.252 e. The molecule has 5 N–H and O–H groups in total. The summed E-state index contributed by atoms with van der Waals surface area (Å²) in [7, 11) is 0. The number of hydrogen-bond acceptors (Lipinski definition) is 5. The second kappa shape index (κ2) is 7.02. The predicted molar refractivity (Wildman–Crippen MR) is 89.0 cm³/mol. The molecule has 0 saturated heterocycles. The van der Waals surface area contributed by atoms with Crippen LogP contribution in [0.25, 0.3) is 0 Å². The van der Waals surface area contributed by atoms with E-state index in [-0.39, 0.29) is 47.9 Å². The van der Waals surface area contributed by atoms with Crippen LogP contribution < -0.4 is 16.6 Å². The van der Waals surface area contributed by atoms with Crippen molar-refractivity contribution in [1.82, 2.24) is 15.3 Å². The second-order valence-corrected chi connectivity index (χ2v) is 6.28. The Morgan fingerprint density at radius 1 is 1.40 bits per heavy atom. The minimum Gasteiger partial charge on any atom is -0.393 e. The Morgan fingerprint density at radius 3 is 2.68 bits per heavy atom. The number of benzene rings is 1. The molecule has 0 spiro atoms. The van der Waals surface area contributed by atoms with Gasteiger partial charge in [0.25, 0.3) is 5.56 Å². The third-order valence-electron chi connectivity index (χ3n) is 4.32. The molecule has 0 radical (unpaired) electrons. The van der Waals surface area contributed by atoms with Gasteiger partial charge in [-0.3, -0.25) is 14.6 Å². The van der Waals surface area contributed by atoms with E-state index in [0.29, 0.717) is 12.8 Å². The molecular weight excluding hydrogens is 327 g/mol.